The Balaban J connectivity index is 1.33. The molecule has 0 aliphatic heterocycles. The van der Waals surface area contributed by atoms with Crippen LogP contribution in [-0.2, 0) is 33.1 Å². The summed E-state index contributed by atoms with van der Waals surface area (Å²) in [6.07, 6.45) is 5.40. The molecular weight excluding hydrogens is 444 g/mol. The fourth-order valence-corrected chi connectivity index (χ4v) is 5.33. The van der Waals surface area contributed by atoms with Crippen molar-refractivity contribution < 1.29 is 13.2 Å². The minimum absolute atomic E-state index is 0.0565. The summed E-state index contributed by atoms with van der Waals surface area (Å²) in [5.41, 5.74) is 3.33. The molecule has 0 unspecified atom stereocenters. The van der Waals surface area contributed by atoms with Crippen molar-refractivity contribution in [3.63, 3.8) is 0 Å². The van der Waals surface area contributed by atoms with Crippen molar-refractivity contribution in [1.82, 2.24) is 5.32 Å². The molecule has 0 atom stereocenters. The first-order chi connectivity index (χ1) is 16.4. The normalized spacial score (nSPS) is 14.4. The van der Waals surface area contributed by atoms with Crippen LogP contribution in [0.25, 0.3) is 0 Å². The molecule has 0 spiro atoms. The summed E-state index contributed by atoms with van der Waals surface area (Å²) in [6.45, 7) is 2.74. The number of hydrogen-bond acceptors (Lipinski definition) is 3. The number of rotatable bonds is 11. The van der Waals surface area contributed by atoms with Crippen molar-refractivity contribution >= 4 is 21.6 Å². The zero-order valence-electron chi connectivity index (χ0n) is 19.6. The second-order valence-electron chi connectivity index (χ2n) is 9.00. The summed E-state index contributed by atoms with van der Waals surface area (Å²) in [6, 6.07) is 24.4. The Morgan fingerprint density at radius 2 is 1.50 bits per heavy atom. The van der Waals surface area contributed by atoms with Gasteiger partial charge >= 0.3 is 0 Å². The SMILES string of the molecule is CCCc1ccc(S(=O)(=O)Nc2ccc(C3(C(=O)NCCCc4ccccc4)CC3)cc2)cc1. The van der Waals surface area contributed by atoms with Crippen LogP contribution in [0.5, 0.6) is 0 Å². The summed E-state index contributed by atoms with van der Waals surface area (Å²) >= 11 is 0. The number of anilines is 1. The largest absolute Gasteiger partial charge is 0.355 e. The summed E-state index contributed by atoms with van der Waals surface area (Å²) in [4.78, 5) is 13.1. The zero-order chi connectivity index (χ0) is 24.0. The van der Waals surface area contributed by atoms with Crippen LogP contribution in [0.2, 0.25) is 0 Å². The molecule has 0 saturated heterocycles. The number of carbonyl (C=O) groups excluding carboxylic acids is 1. The van der Waals surface area contributed by atoms with Crippen molar-refractivity contribution in [3.05, 3.63) is 95.6 Å². The lowest BCUT2D eigenvalue weighted by Crippen LogP contribution is -2.35. The highest BCUT2D eigenvalue weighted by Crippen LogP contribution is 2.48. The second kappa shape index (κ2) is 10.4. The van der Waals surface area contributed by atoms with Gasteiger partial charge in [-0.05, 0) is 73.1 Å². The van der Waals surface area contributed by atoms with E-state index in [4.69, 9.17) is 0 Å². The average Bonchev–Trinajstić information content (AvgIpc) is 3.65. The lowest BCUT2D eigenvalue weighted by Gasteiger charge is -2.17. The Hall–Kier alpha value is -3.12. The van der Waals surface area contributed by atoms with Gasteiger partial charge in [0.15, 0.2) is 0 Å². The summed E-state index contributed by atoms with van der Waals surface area (Å²) in [5.74, 6) is 0.0565. The fourth-order valence-electron chi connectivity index (χ4n) is 4.28. The van der Waals surface area contributed by atoms with Gasteiger partial charge in [-0.1, -0.05) is 67.9 Å². The zero-order valence-corrected chi connectivity index (χ0v) is 20.4. The highest BCUT2D eigenvalue weighted by atomic mass is 32.2. The Kier molecular flexibility index (Phi) is 7.37. The van der Waals surface area contributed by atoms with Crippen LogP contribution >= 0.6 is 0 Å². The van der Waals surface area contributed by atoms with E-state index in [0.29, 0.717) is 12.2 Å². The van der Waals surface area contributed by atoms with E-state index in [0.717, 1.165) is 49.7 Å². The standard InChI is InChI=1S/C28H32N2O3S/c1-2-7-22-11-17-26(18-12-22)34(32,33)30-25-15-13-24(14-16-25)28(19-20-28)27(31)29-21-6-10-23-8-4-3-5-9-23/h3-5,8-9,11-18,30H,2,6-7,10,19-21H2,1H3,(H,29,31). The van der Waals surface area contributed by atoms with E-state index in [1.807, 2.05) is 42.5 Å². The van der Waals surface area contributed by atoms with Crippen LogP contribution in [0.15, 0.2) is 83.8 Å². The molecule has 3 aromatic rings. The van der Waals surface area contributed by atoms with Crippen LogP contribution in [0.1, 0.15) is 49.3 Å². The fraction of sp³-hybridized carbons (Fsp3) is 0.321. The maximum absolute atomic E-state index is 12.9. The summed E-state index contributed by atoms with van der Waals surface area (Å²) < 4.78 is 28.1. The molecule has 1 fully saturated rings. The molecule has 1 aliphatic carbocycles. The number of benzene rings is 3. The van der Waals surface area contributed by atoms with Gasteiger partial charge < -0.3 is 5.32 Å². The second-order valence-corrected chi connectivity index (χ2v) is 10.7. The van der Waals surface area contributed by atoms with E-state index in [9.17, 15) is 13.2 Å². The Morgan fingerprint density at radius 1 is 0.853 bits per heavy atom. The highest BCUT2D eigenvalue weighted by molar-refractivity contribution is 7.92. The lowest BCUT2D eigenvalue weighted by molar-refractivity contribution is -0.123. The summed E-state index contributed by atoms with van der Waals surface area (Å²) in [5, 5.41) is 3.09. The molecule has 0 aromatic heterocycles. The first-order valence-electron chi connectivity index (χ1n) is 12.0. The number of sulfonamides is 1. The van der Waals surface area contributed by atoms with Gasteiger partial charge in [0.25, 0.3) is 10.0 Å². The molecule has 1 saturated carbocycles. The van der Waals surface area contributed by atoms with E-state index in [1.54, 1.807) is 24.3 Å². The third kappa shape index (κ3) is 5.68. The quantitative estimate of drug-likeness (QED) is 0.373. The van der Waals surface area contributed by atoms with Crippen molar-refractivity contribution in [2.45, 2.75) is 55.8 Å². The molecule has 0 heterocycles. The number of hydrogen-bond donors (Lipinski definition) is 2. The predicted octanol–water partition coefficient (Wildman–Crippen LogP) is 5.22. The van der Waals surface area contributed by atoms with E-state index in [2.05, 4.69) is 29.1 Å². The molecule has 178 valence electrons. The van der Waals surface area contributed by atoms with Crippen LogP contribution in [-0.4, -0.2) is 20.9 Å². The maximum Gasteiger partial charge on any atom is 0.261 e. The Labute approximate surface area is 202 Å². The van der Waals surface area contributed by atoms with Crippen molar-refractivity contribution in [1.29, 1.82) is 0 Å². The molecule has 34 heavy (non-hydrogen) atoms. The highest BCUT2D eigenvalue weighted by Gasteiger charge is 2.51. The molecule has 1 amide bonds. The number of carbonyl (C=O) groups is 1. The van der Waals surface area contributed by atoms with E-state index in [-0.39, 0.29) is 10.8 Å². The van der Waals surface area contributed by atoms with Crippen molar-refractivity contribution in [3.8, 4) is 0 Å². The molecule has 1 aliphatic rings. The first-order valence-corrected chi connectivity index (χ1v) is 13.5. The van der Waals surface area contributed by atoms with Crippen LogP contribution in [0, 0.1) is 0 Å². The van der Waals surface area contributed by atoms with Gasteiger partial charge in [0.05, 0.1) is 10.3 Å². The molecule has 4 rings (SSSR count). The lowest BCUT2D eigenvalue weighted by atomic mass is 9.94. The molecule has 5 nitrogen and oxygen atoms in total. The first kappa shape index (κ1) is 24.0. The van der Waals surface area contributed by atoms with E-state index in [1.165, 1.54) is 5.56 Å². The monoisotopic (exact) mass is 476 g/mol. The number of aryl methyl sites for hydroxylation is 2. The van der Waals surface area contributed by atoms with Crippen LogP contribution < -0.4 is 10.0 Å². The Morgan fingerprint density at radius 3 is 2.12 bits per heavy atom. The topological polar surface area (TPSA) is 75.3 Å². The van der Waals surface area contributed by atoms with Crippen molar-refractivity contribution in [2.24, 2.45) is 0 Å². The summed E-state index contributed by atoms with van der Waals surface area (Å²) in [7, 11) is -3.66. The smallest absolute Gasteiger partial charge is 0.261 e. The van der Waals surface area contributed by atoms with Crippen molar-refractivity contribution in [2.75, 3.05) is 11.3 Å². The van der Waals surface area contributed by atoms with Gasteiger partial charge in [-0.15, -0.1) is 0 Å². The average molecular weight is 477 g/mol. The number of nitrogens with one attached hydrogen (secondary N) is 2. The third-order valence-electron chi connectivity index (χ3n) is 6.42. The number of amides is 1. The van der Waals surface area contributed by atoms with Gasteiger partial charge in [0, 0.05) is 12.2 Å². The van der Waals surface area contributed by atoms with Crippen LogP contribution in [0.3, 0.4) is 0 Å². The molecule has 0 radical (unpaired) electrons. The maximum atomic E-state index is 12.9. The van der Waals surface area contributed by atoms with E-state index < -0.39 is 15.4 Å². The van der Waals surface area contributed by atoms with Gasteiger partial charge in [-0.3, -0.25) is 9.52 Å². The molecule has 2 N–H and O–H groups in total. The van der Waals surface area contributed by atoms with Gasteiger partial charge in [-0.2, -0.15) is 0 Å². The van der Waals surface area contributed by atoms with Gasteiger partial charge in [0.2, 0.25) is 5.91 Å². The van der Waals surface area contributed by atoms with Crippen LogP contribution in [0.4, 0.5) is 5.69 Å². The molecular formula is C28H32N2O3S. The molecule has 3 aromatic carbocycles. The molecule has 0 bridgehead atoms. The van der Waals surface area contributed by atoms with Gasteiger partial charge in [-0.25, -0.2) is 8.42 Å². The minimum atomic E-state index is -3.66. The Bertz CT molecular complexity index is 1200. The van der Waals surface area contributed by atoms with E-state index >= 15 is 0 Å². The predicted molar refractivity (Wildman–Crippen MR) is 136 cm³/mol. The molecule has 6 heteroatoms. The third-order valence-corrected chi connectivity index (χ3v) is 7.81. The minimum Gasteiger partial charge on any atom is -0.355 e. The van der Waals surface area contributed by atoms with Gasteiger partial charge in [0.1, 0.15) is 0 Å².